The van der Waals surface area contributed by atoms with Gasteiger partial charge in [0.1, 0.15) is 0 Å². The van der Waals surface area contributed by atoms with Crippen molar-refractivity contribution in [2.24, 2.45) is 0 Å². The lowest BCUT2D eigenvalue weighted by molar-refractivity contribution is -0.114. The Morgan fingerprint density at radius 3 is 2.42 bits per heavy atom. The molecule has 0 atom stereocenters. The molecule has 0 aromatic heterocycles. The van der Waals surface area contributed by atoms with E-state index in [-0.39, 0.29) is 6.54 Å². The van der Waals surface area contributed by atoms with E-state index in [0.29, 0.717) is 16.8 Å². The molecule has 5 nitrogen and oxygen atoms in total. The monoisotopic (exact) mass is 357 g/mol. The second-order valence-corrected chi connectivity index (χ2v) is 6.38. The molecule has 1 fully saturated rings. The molecule has 2 heterocycles. The number of benzene rings is 2. The number of ketones is 1. The van der Waals surface area contributed by atoms with E-state index < -0.39 is 23.3 Å². The second kappa shape index (κ2) is 6.49. The largest absolute Gasteiger partial charge is 0.368 e. The lowest BCUT2D eigenvalue weighted by Crippen LogP contribution is -2.44. The number of Topliss-reactive ketones (excluding diaryl/α,β-unsaturated/α-hetero) is 1. The SMILES string of the molecule is O=C1C(=O)N(Cc2ccc(F)c(F)c2)c2cccc(N3CCNCC3)c21. The number of amides is 1. The van der Waals surface area contributed by atoms with E-state index in [4.69, 9.17) is 0 Å². The quantitative estimate of drug-likeness (QED) is 0.855. The zero-order chi connectivity index (χ0) is 18.3. The number of nitrogens with one attached hydrogen (secondary N) is 1. The molecule has 1 saturated heterocycles. The molecule has 2 aromatic carbocycles. The Morgan fingerprint density at radius 1 is 0.962 bits per heavy atom. The summed E-state index contributed by atoms with van der Waals surface area (Å²) < 4.78 is 26.6. The van der Waals surface area contributed by atoms with Crippen molar-refractivity contribution in [3.05, 3.63) is 59.2 Å². The van der Waals surface area contributed by atoms with Crippen LogP contribution < -0.4 is 15.1 Å². The number of nitrogens with zero attached hydrogens (tertiary/aromatic N) is 2. The first-order valence-corrected chi connectivity index (χ1v) is 8.45. The fourth-order valence-electron chi connectivity index (χ4n) is 3.47. The van der Waals surface area contributed by atoms with Gasteiger partial charge >= 0.3 is 0 Å². The van der Waals surface area contributed by atoms with Gasteiger partial charge in [0, 0.05) is 26.2 Å². The van der Waals surface area contributed by atoms with E-state index in [1.54, 1.807) is 12.1 Å². The normalized spacial score (nSPS) is 17.0. The molecule has 26 heavy (non-hydrogen) atoms. The van der Waals surface area contributed by atoms with Gasteiger partial charge in [-0.2, -0.15) is 0 Å². The fourth-order valence-corrected chi connectivity index (χ4v) is 3.47. The summed E-state index contributed by atoms with van der Waals surface area (Å²) in [6.45, 7) is 3.14. The Morgan fingerprint density at radius 2 is 1.69 bits per heavy atom. The molecule has 0 bridgehead atoms. The molecule has 0 spiro atoms. The summed E-state index contributed by atoms with van der Waals surface area (Å²) in [7, 11) is 0. The molecule has 4 rings (SSSR count). The Hall–Kier alpha value is -2.80. The van der Waals surface area contributed by atoms with Crippen molar-refractivity contribution in [3.63, 3.8) is 0 Å². The Kier molecular flexibility index (Phi) is 4.16. The third kappa shape index (κ3) is 2.74. The van der Waals surface area contributed by atoms with Crippen LogP contribution in [0.5, 0.6) is 0 Å². The molecule has 134 valence electrons. The van der Waals surface area contributed by atoms with Crippen molar-refractivity contribution in [2.75, 3.05) is 36.0 Å². The average molecular weight is 357 g/mol. The van der Waals surface area contributed by atoms with Crippen LogP contribution in [0, 0.1) is 11.6 Å². The summed E-state index contributed by atoms with van der Waals surface area (Å²) in [6.07, 6.45) is 0. The molecule has 1 N–H and O–H groups in total. The number of fused-ring (bicyclic) bond motifs is 1. The zero-order valence-electron chi connectivity index (χ0n) is 14.0. The summed E-state index contributed by atoms with van der Waals surface area (Å²) in [5.74, 6) is -3.13. The molecule has 2 aliphatic rings. The van der Waals surface area contributed by atoms with Gasteiger partial charge in [-0.1, -0.05) is 12.1 Å². The summed E-state index contributed by atoms with van der Waals surface area (Å²) in [4.78, 5) is 28.6. The molecule has 0 aliphatic carbocycles. The predicted molar refractivity (Wildman–Crippen MR) is 93.4 cm³/mol. The van der Waals surface area contributed by atoms with Crippen molar-refractivity contribution in [3.8, 4) is 0 Å². The van der Waals surface area contributed by atoms with Crippen molar-refractivity contribution in [1.29, 1.82) is 0 Å². The number of rotatable bonds is 3. The van der Waals surface area contributed by atoms with Crippen molar-refractivity contribution >= 4 is 23.1 Å². The maximum Gasteiger partial charge on any atom is 0.299 e. The van der Waals surface area contributed by atoms with Crippen molar-refractivity contribution in [2.45, 2.75) is 6.54 Å². The van der Waals surface area contributed by atoms with Crippen LogP contribution in [0.1, 0.15) is 15.9 Å². The standard InChI is InChI=1S/C19H17F2N3O2/c20-13-5-4-12(10-14(13)21)11-24-16-3-1-2-15(17(16)18(25)19(24)26)23-8-6-22-7-9-23/h1-5,10,22H,6-9,11H2. The van der Waals surface area contributed by atoms with Gasteiger partial charge in [0.15, 0.2) is 11.6 Å². The Bertz CT molecular complexity index is 894. The van der Waals surface area contributed by atoms with E-state index >= 15 is 0 Å². The van der Waals surface area contributed by atoms with Gasteiger partial charge in [-0.25, -0.2) is 8.78 Å². The van der Waals surface area contributed by atoms with Gasteiger partial charge in [0.05, 0.1) is 23.5 Å². The highest BCUT2D eigenvalue weighted by Crippen LogP contribution is 2.37. The van der Waals surface area contributed by atoms with Gasteiger partial charge < -0.3 is 15.1 Å². The second-order valence-electron chi connectivity index (χ2n) is 6.38. The third-order valence-corrected chi connectivity index (χ3v) is 4.76. The van der Waals surface area contributed by atoms with Gasteiger partial charge in [0.25, 0.3) is 11.7 Å². The van der Waals surface area contributed by atoms with Gasteiger partial charge in [-0.3, -0.25) is 9.59 Å². The molecule has 7 heteroatoms. The lowest BCUT2D eigenvalue weighted by Gasteiger charge is -2.30. The van der Waals surface area contributed by atoms with Crippen molar-refractivity contribution in [1.82, 2.24) is 5.32 Å². The van der Waals surface area contributed by atoms with Gasteiger partial charge in [0.2, 0.25) is 0 Å². The number of halogens is 2. The van der Waals surface area contributed by atoms with E-state index in [9.17, 15) is 18.4 Å². The highest BCUT2D eigenvalue weighted by atomic mass is 19.2. The average Bonchev–Trinajstić information content (AvgIpc) is 2.90. The maximum absolute atomic E-state index is 13.5. The van der Waals surface area contributed by atoms with Crippen LogP contribution in [0.25, 0.3) is 0 Å². The highest BCUT2D eigenvalue weighted by molar-refractivity contribution is 6.53. The van der Waals surface area contributed by atoms with Crippen LogP contribution in [-0.4, -0.2) is 37.9 Å². The number of carbonyl (C=O) groups is 2. The van der Waals surface area contributed by atoms with Crippen LogP contribution >= 0.6 is 0 Å². The zero-order valence-corrected chi connectivity index (χ0v) is 14.0. The van der Waals surface area contributed by atoms with E-state index in [1.165, 1.54) is 11.0 Å². The minimum atomic E-state index is -0.977. The first-order valence-electron chi connectivity index (χ1n) is 8.45. The number of carbonyl (C=O) groups excluding carboxylic acids is 2. The number of hydrogen-bond donors (Lipinski definition) is 1. The maximum atomic E-state index is 13.5. The lowest BCUT2D eigenvalue weighted by atomic mass is 10.1. The minimum Gasteiger partial charge on any atom is -0.368 e. The Balaban J connectivity index is 1.70. The first-order chi connectivity index (χ1) is 12.6. The van der Waals surface area contributed by atoms with Crippen molar-refractivity contribution < 1.29 is 18.4 Å². The summed E-state index contributed by atoms with van der Waals surface area (Å²) in [5.41, 5.74) is 2.07. The fraction of sp³-hybridized carbons (Fsp3) is 0.263. The molecule has 0 radical (unpaired) electrons. The number of anilines is 2. The molecule has 2 aromatic rings. The van der Waals surface area contributed by atoms with E-state index in [1.807, 2.05) is 6.07 Å². The Labute approximate surface area is 149 Å². The summed E-state index contributed by atoms with van der Waals surface area (Å²) in [6, 6.07) is 8.84. The van der Waals surface area contributed by atoms with Crippen LogP contribution in [0.15, 0.2) is 36.4 Å². The predicted octanol–water partition coefficient (Wildman–Crippen LogP) is 2.10. The van der Waals surface area contributed by atoms with Gasteiger partial charge in [-0.15, -0.1) is 0 Å². The molecule has 0 saturated carbocycles. The molecule has 0 unspecified atom stereocenters. The molecular formula is C19H17F2N3O2. The minimum absolute atomic E-state index is 0.0137. The third-order valence-electron chi connectivity index (χ3n) is 4.76. The highest BCUT2D eigenvalue weighted by Gasteiger charge is 2.38. The molecular weight excluding hydrogens is 340 g/mol. The van der Waals surface area contributed by atoms with Crippen LogP contribution in [0.2, 0.25) is 0 Å². The van der Waals surface area contributed by atoms with E-state index in [0.717, 1.165) is 44.0 Å². The smallest absolute Gasteiger partial charge is 0.299 e. The topological polar surface area (TPSA) is 52.7 Å². The van der Waals surface area contributed by atoms with Crippen LogP contribution in [0.4, 0.5) is 20.2 Å². The van der Waals surface area contributed by atoms with Crippen LogP contribution in [0.3, 0.4) is 0 Å². The molecule has 2 aliphatic heterocycles. The first kappa shape index (κ1) is 16.7. The number of piperazine rings is 1. The summed E-state index contributed by atoms with van der Waals surface area (Å²) in [5, 5.41) is 3.25. The number of hydrogen-bond acceptors (Lipinski definition) is 4. The summed E-state index contributed by atoms with van der Waals surface area (Å²) >= 11 is 0. The van der Waals surface area contributed by atoms with Gasteiger partial charge in [-0.05, 0) is 29.8 Å². The molecule has 1 amide bonds. The van der Waals surface area contributed by atoms with Crippen LogP contribution in [-0.2, 0) is 11.3 Å². The van der Waals surface area contributed by atoms with E-state index in [2.05, 4.69) is 10.2 Å².